The van der Waals surface area contributed by atoms with Crippen molar-refractivity contribution < 1.29 is 23.5 Å². The summed E-state index contributed by atoms with van der Waals surface area (Å²) in [5.74, 6) is 0.611. The van der Waals surface area contributed by atoms with Crippen LogP contribution in [0.1, 0.15) is 25.7 Å². The van der Waals surface area contributed by atoms with Crippen LogP contribution in [0.15, 0.2) is 54.6 Å². The highest BCUT2D eigenvalue weighted by molar-refractivity contribution is 7.45. The second kappa shape index (κ2) is 10.0. The molecule has 8 nitrogen and oxygen atoms in total. The third-order valence-corrected chi connectivity index (χ3v) is 5.29. The van der Waals surface area contributed by atoms with Crippen LogP contribution in [0.3, 0.4) is 0 Å². The Kier molecular flexibility index (Phi) is 7.17. The largest absolute Gasteiger partial charge is 0.461 e. The number of nitrogens with zero attached hydrogens (tertiary/aromatic N) is 1. The first-order chi connectivity index (χ1) is 13.6. The van der Waals surface area contributed by atoms with Crippen LogP contribution in [0.4, 0.5) is 5.69 Å². The number of hydrogen-bond acceptors (Lipinski definition) is 7. The van der Waals surface area contributed by atoms with E-state index < -0.39 is 13.4 Å². The molecular weight excluding hydrogens is 383 g/mol. The maximum absolute atomic E-state index is 12.1. The van der Waals surface area contributed by atoms with Crippen LogP contribution < -0.4 is 14.1 Å². The number of carbonyl (C=O) groups is 1. The van der Waals surface area contributed by atoms with Crippen LogP contribution >= 0.6 is 8.53 Å². The number of nitro benzene ring substituents is 1. The highest BCUT2D eigenvalue weighted by atomic mass is 31.2. The molecule has 1 unspecified atom stereocenters. The fraction of sp³-hybridized carbons (Fsp3) is 0.316. The number of rotatable bonds is 9. The quantitative estimate of drug-likeness (QED) is 0.287. The third-order valence-electron chi connectivity index (χ3n) is 4.12. The monoisotopic (exact) mass is 404 g/mol. The summed E-state index contributed by atoms with van der Waals surface area (Å²) >= 11 is 0. The van der Waals surface area contributed by atoms with Gasteiger partial charge >= 0.3 is 14.5 Å². The molecule has 0 aliphatic heterocycles. The molecule has 2 aromatic carbocycles. The molecule has 2 aromatic rings. The number of hydrogen-bond donors (Lipinski definition) is 1. The molecule has 1 fully saturated rings. The molecule has 0 saturated heterocycles. The average molecular weight is 404 g/mol. The number of non-ortho nitro benzene ring substituents is 1. The Bertz CT molecular complexity index is 781. The highest BCUT2D eigenvalue weighted by Gasteiger charge is 2.22. The molecule has 1 aliphatic rings. The van der Waals surface area contributed by atoms with Gasteiger partial charge < -0.3 is 13.8 Å². The zero-order chi connectivity index (χ0) is 19.8. The summed E-state index contributed by atoms with van der Waals surface area (Å²) in [6.45, 7) is -0.0536. The first kappa shape index (κ1) is 20.0. The van der Waals surface area contributed by atoms with Gasteiger partial charge in [0, 0.05) is 12.1 Å². The van der Waals surface area contributed by atoms with Crippen LogP contribution in [0, 0.1) is 10.1 Å². The van der Waals surface area contributed by atoms with E-state index in [4.69, 9.17) is 13.8 Å². The summed E-state index contributed by atoms with van der Waals surface area (Å²) in [4.78, 5) is 22.4. The van der Waals surface area contributed by atoms with Gasteiger partial charge in [-0.1, -0.05) is 18.2 Å². The Morgan fingerprint density at radius 1 is 1.04 bits per heavy atom. The summed E-state index contributed by atoms with van der Waals surface area (Å²) in [6, 6.07) is 14.7. The minimum Gasteiger partial charge on any atom is -0.461 e. The van der Waals surface area contributed by atoms with E-state index in [0.717, 1.165) is 25.7 Å². The number of nitro groups is 1. The molecule has 0 heterocycles. The predicted molar refractivity (Wildman–Crippen MR) is 104 cm³/mol. The summed E-state index contributed by atoms with van der Waals surface area (Å²) in [6.07, 6.45) is 3.96. The topological polar surface area (TPSA) is 99.9 Å². The Balaban J connectivity index is 1.60. The van der Waals surface area contributed by atoms with Crippen molar-refractivity contribution in [3.05, 3.63) is 64.7 Å². The molecule has 0 bridgehead atoms. The average Bonchev–Trinajstić information content (AvgIpc) is 3.20. The fourth-order valence-electron chi connectivity index (χ4n) is 2.75. The van der Waals surface area contributed by atoms with Crippen molar-refractivity contribution in [3.63, 3.8) is 0 Å². The van der Waals surface area contributed by atoms with Gasteiger partial charge in [-0.2, -0.15) is 0 Å². The van der Waals surface area contributed by atoms with Gasteiger partial charge in [0.25, 0.3) is 5.69 Å². The Morgan fingerprint density at radius 2 is 1.64 bits per heavy atom. The van der Waals surface area contributed by atoms with Crippen molar-refractivity contribution in [1.82, 2.24) is 5.09 Å². The number of carbonyl (C=O) groups excluding carboxylic acids is 1. The van der Waals surface area contributed by atoms with E-state index in [-0.39, 0.29) is 24.3 Å². The second-order valence-electron chi connectivity index (χ2n) is 6.23. The smallest absolute Gasteiger partial charge is 0.382 e. The Morgan fingerprint density at radius 3 is 2.25 bits per heavy atom. The highest BCUT2D eigenvalue weighted by Crippen LogP contribution is 2.37. The van der Waals surface area contributed by atoms with Crippen LogP contribution in [0.2, 0.25) is 0 Å². The van der Waals surface area contributed by atoms with Crippen molar-refractivity contribution in [2.75, 3.05) is 6.54 Å². The molecule has 0 aromatic heterocycles. The van der Waals surface area contributed by atoms with Gasteiger partial charge in [0.15, 0.2) is 0 Å². The van der Waals surface area contributed by atoms with E-state index in [9.17, 15) is 14.9 Å². The molecule has 0 amide bonds. The molecular formula is C19H21N2O6P. The Hall–Kier alpha value is -2.70. The first-order valence-electron chi connectivity index (χ1n) is 8.99. The first-order valence-corrected chi connectivity index (χ1v) is 10.2. The maximum atomic E-state index is 12.1. The maximum Gasteiger partial charge on any atom is 0.382 e. The lowest BCUT2D eigenvalue weighted by atomic mass is 10.3. The van der Waals surface area contributed by atoms with Gasteiger partial charge in [0.05, 0.1) is 4.92 Å². The summed E-state index contributed by atoms with van der Waals surface area (Å²) in [5, 5.41) is 13.7. The SMILES string of the molecule is O=C(CNP(Oc1ccccc1)Oc1ccc([N+](=O)[O-])cc1)OC1CCCC1. The molecule has 0 radical (unpaired) electrons. The van der Waals surface area contributed by atoms with Crippen molar-refractivity contribution >= 4 is 20.2 Å². The Labute approximate surface area is 163 Å². The molecule has 1 N–H and O–H groups in total. The summed E-state index contributed by atoms with van der Waals surface area (Å²) < 4.78 is 17.0. The van der Waals surface area contributed by atoms with Crippen molar-refractivity contribution in [2.45, 2.75) is 31.8 Å². The van der Waals surface area contributed by atoms with Crippen molar-refractivity contribution in [1.29, 1.82) is 0 Å². The normalized spacial score (nSPS) is 15.0. The number of nitrogens with one attached hydrogen (secondary N) is 1. The summed E-state index contributed by atoms with van der Waals surface area (Å²) in [5.41, 5.74) is -0.0336. The molecule has 1 aliphatic carbocycles. The number of benzene rings is 2. The van der Waals surface area contributed by atoms with Crippen molar-refractivity contribution in [2.24, 2.45) is 0 Å². The fourth-order valence-corrected chi connectivity index (χ4v) is 3.80. The number of esters is 1. The minimum absolute atomic E-state index is 0.00818. The molecule has 3 rings (SSSR count). The van der Waals surface area contributed by atoms with Gasteiger partial charge in [-0.05, 0) is 49.9 Å². The predicted octanol–water partition coefficient (Wildman–Crippen LogP) is 4.35. The van der Waals surface area contributed by atoms with E-state index in [1.807, 2.05) is 18.2 Å². The zero-order valence-electron chi connectivity index (χ0n) is 15.2. The van der Waals surface area contributed by atoms with Gasteiger partial charge in [0.2, 0.25) is 0 Å². The molecule has 148 valence electrons. The molecule has 0 spiro atoms. The zero-order valence-corrected chi connectivity index (χ0v) is 16.0. The van der Waals surface area contributed by atoms with E-state index in [1.165, 1.54) is 24.3 Å². The van der Waals surface area contributed by atoms with Gasteiger partial charge in [0.1, 0.15) is 24.1 Å². The van der Waals surface area contributed by atoms with E-state index in [1.54, 1.807) is 12.1 Å². The third kappa shape index (κ3) is 6.18. The lowest BCUT2D eigenvalue weighted by Gasteiger charge is -2.19. The van der Waals surface area contributed by atoms with Gasteiger partial charge in [-0.15, -0.1) is 0 Å². The standard InChI is InChI=1S/C19H21N2O6P/c22-19(25-16-6-4-5-7-16)14-20-28(26-17-8-2-1-3-9-17)27-18-12-10-15(11-13-18)21(23)24/h1-3,8-13,16,20H,4-7,14H2. The molecule has 1 saturated carbocycles. The molecule has 9 heteroatoms. The van der Waals surface area contributed by atoms with Crippen LogP contribution in [-0.2, 0) is 9.53 Å². The number of para-hydroxylation sites is 1. The van der Waals surface area contributed by atoms with E-state index >= 15 is 0 Å². The lowest BCUT2D eigenvalue weighted by molar-refractivity contribution is -0.384. The minimum atomic E-state index is -1.71. The van der Waals surface area contributed by atoms with Crippen LogP contribution in [0.5, 0.6) is 11.5 Å². The van der Waals surface area contributed by atoms with E-state index in [0.29, 0.717) is 11.5 Å². The van der Waals surface area contributed by atoms with Crippen LogP contribution in [-0.4, -0.2) is 23.5 Å². The summed E-state index contributed by atoms with van der Waals surface area (Å²) in [7, 11) is -1.71. The van der Waals surface area contributed by atoms with Gasteiger partial charge in [-0.25, -0.2) is 5.09 Å². The van der Waals surface area contributed by atoms with Crippen molar-refractivity contribution in [3.8, 4) is 11.5 Å². The molecule has 1 atom stereocenters. The molecule has 28 heavy (non-hydrogen) atoms. The number of ether oxygens (including phenoxy) is 1. The van der Waals surface area contributed by atoms with Crippen LogP contribution in [0.25, 0.3) is 0 Å². The van der Waals surface area contributed by atoms with Gasteiger partial charge in [-0.3, -0.25) is 14.9 Å². The van der Waals surface area contributed by atoms with E-state index in [2.05, 4.69) is 5.09 Å². The lowest BCUT2D eigenvalue weighted by Crippen LogP contribution is -2.26. The second-order valence-corrected chi connectivity index (χ2v) is 7.43.